The number of aliphatic carboxylic acids is 1. The van der Waals surface area contributed by atoms with Crippen molar-refractivity contribution in [1.82, 2.24) is 5.32 Å². The summed E-state index contributed by atoms with van der Waals surface area (Å²) in [6.45, 7) is 12.2. The normalized spacial score (nSPS) is 11.4. The van der Waals surface area contributed by atoms with Crippen LogP contribution < -0.4 is 10.1 Å². The van der Waals surface area contributed by atoms with E-state index >= 15 is 0 Å². The molecule has 31 heavy (non-hydrogen) atoms. The Bertz CT molecular complexity index is 857. The number of carboxylic acids is 1. The number of benzene rings is 1. The van der Waals surface area contributed by atoms with Crippen molar-refractivity contribution in [1.29, 1.82) is 0 Å². The van der Waals surface area contributed by atoms with E-state index in [1.165, 1.54) is 6.92 Å². The maximum Gasteiger partial charge on any atom is 0.329 e. The molecule has 0 aromatic heterocycles. The van der Waals surface area contributed by atoms with Gasteiger partial charge in [-0.2, -0.15) is 0 Å². The van der Waals surface area contributed by atoms with Gasteiger partial charge in [-0.05, 0) is 64.3 Å². The molecule has 1 aromatic rings. The Morgan fingerprint density at radius 3 is 2.13 bits per heavy atom. The van der Waals surface area contributed by atoms with Gasteiger partial charge in [0.05, 0.1) is 18.6 Å². The Hall–Kier alpha value is -2.17. The highest BCUT2D eigenvalue weighted by Gasteiger charge is 2.22. The molecule has 0 amide bonds. The predicted molar refractivity (Wildman–Crippen MR) is 117 cm³/mol. The predicted octanol–water partition coefficient (Wildman–Crippen LogP) is 2.39. The van der Waals surface area contributed by atoms with Gasteiger partial charge >= 0.3 is 11.9 Å². The zero-order valence-corrected chi connectivity index (χ0v) is 20.4. The maximum atomic E-state index is 12.5. The van der Waals surface area contributed by atoms with Crippen molar-refractivity contribution in [2.75, 3.05) is 32.7 Å². The average molecular weight is 462 g/mol. The Morgan fingerprint density at radius 1 is 1.13 bits per heavy atom. The Morgan fingerprint density at radius 2 is 1.71 bits per heavy atom. The maximum absolute atomic E-state index is 12.5. The third-order valence-corrected chi connectivity index (χ3v) is 5.73. The summed E-state index contributed by atoms with van der Waals surface area (Å²) in [7, 11) is -1.96. The van der Waals surface area contributed by atoms with Gasteiger partial charge in [-0.1, -0.05) is 0 Å². The molecular formula is C21H35NO8S. The minimum atomic E-state index is -3.51. The number of sulfone groups is 1. The van der Waals surface area contributed by atoms with Gasteiger partial charge in [0.1, 0.15) is 23.8 Å². The molecule has 1 rings (SSSR count). The van der Waals surface area contributed by atoms with Crippen LogP contribution in [-0.4, -0.2) is 63.8 Å². The van der Waals surface area contributed by atoms with Crippen LogP contribution in [0.15, 0.2) is 11.0 Å². The van der Waals surface area contributed by atoms with Gasteiger partial charge < -0.3 is 24.6 Å². The lowest BCUT2D eigenvalue weighted by Gasteiger charge is -2.17. The molecule has 2 N–H and O–H groups in total. The van der Waals surface area contributed by atoms with Crippen LogP contribution in [0.3, 0.4) is 0 Å². The van der Waals surface area contributed by atoms with Crippen LogP contribution in [0.1, 0.15) is 44.4 Å². The average Bonchev–Trinajstić information content (AvgIpc) is 2.59. The van der Waals surface area contributed by atoms with E-state index in [0.29, 0.717) is 21.8 Å². The van der Waals surface area contributed by atoms with Crippen molar-refractivity contribution in [3.63, 3.8) is 0 Å². The second kappa shape index (κ2) is 12.6. The lowest BCUT2D eigenvalue weighted by Crippen LogP contribution is -2.28. The number of ether oxygens (including phenoxy) is 3. The molecule has 0 saturated carbocycles. The number of carbonyl (C=O) groups is 2. The highest BCUT2D eigenvalue weighted by atomic mass is 32.2. The summed E-state index contributed by atoms with van der Waals surface area (Å²) in [5.41, 5.74) is 1.77. The van der Waals surface area contributed by atoms with Crippen LogP contribution in [0.5, 0.6) is 5.75 Å². The number of esters is 1. The van der Waals surface area contributed by atoms with Crippen LogP contribution in [0.4, 0.5) is 0 Å². The smallest absolute Gasteiger partial charge is 0.329 e. The molecule has 0 aliphatic rings. The monoisotopic (exact) mass is 461 g/mol. The number of carbonyl (C=O) groups excluding carboxylic acids is 1. The molecule has 0 bridgehead atoms. The van der Waals surface area contributed by atoms with Gasteiger partial charge in [0.25, 0.3) is 0 Å². The van der Waals surface area contributed by atoms with E-state index in [4.69, 9.17) is 19.3 Å². The Kier molecular flexibility index (Phi) is 11.7. The first-order valence-corrected chi connectivity index (χ1v) is 11.3. The summed E-state index contributed by atoms with van der Waals surface area (Å²) in [4.78, 5) is 20.8. The van der Waals surface area contributed by atoms with Crippen LogP contribution in [0.25, 0.3) is 0 Å². The molecule has 0 aliphatic carbocycles. The van der Waals surface area contributed by atoms with Gasteiger partial charge in [0.15, 0.2) is 9.84 Å². The van der Waals surface area contributed by atoms with E-state index in [1.807, 2.05) is 27.7 Å². The highest BCUT2D eigenvalue weighted by molar-refractivity contribution is 7.91. The van der Waals surface area contributed by atoms with Crippen molar-refractivity contribution in [2.45, 2.75) is 59.0 Å². The summed E-state index contributed by atoms with van der Waals surface area (Å²) < 4.78 is 39.9. The van der Waals surface area contributed by atoms with Crippen LogP contribution >= 0.6 is 0 Å². The van der Waals surface area contributed by atoms with Crippen molar-refractivity contribution < 1.29 is 37.3 Å². The van der Waals surface area contributed by atoms with E-state index in [0.717, 1.165) is 5.56 Å². The molecule has 178 valence electrons. The summed E-state index contributed by atoms with van der Waals surface area (Å²) in [5.74, 6) is -0.860. The fourth-order valence-electron chi connectivity index (χ4n) is 2.73. The first kappa shape index (κ1) is 28.8. The van der Waals surface area contributed by atoms with Crippen LogP contribution in [0, 0.1) is 20.8 Å². The zero-order valence-electron chi connectivity index (χ0n) is 19.6. The summed E-state index contributed by atoms with van der Waals surface area (Å²) in [6, 6.07) is 1.71. The fourth-order valence-corrected chi connectivity index (χ4v) is 4.45. The Labute approximate surface area is 185 Å². The standard InChI is InChI=1S/C15H23NO6S.C6H12O2/c1-10-7-13(21-4)11(2)12(3)15(10)23(19,20)9-16-5-6-22-8-14(17)18;1-5(7)8-6(2,3)4/h7,16H,5-6,8-9H2,1-4H3,(H,17,18);1-4H3. The van der Waals surface area contributed by atoms with Crippen molar-refractivity contribution in [2.24, 2.45) is 0 Å². The van der Waals surface area contributed by atoms with Crippen molar-refractivity contribution in [3.05, 3.63) is 22.8 Å². The second-order valence-corrected chi connectivity index (χ2v) is 9.81. The molecule has 10 heteroatoms. The third-order valence-electron chi connectivity index (χ3n) is 3.90. The van der Waals surface area contributed by atoms with Crippen LogP contribution in [0.2, 0.25) is 0 Å². The summed E-state index contributed by atoms with van der Waals surface area (Å²) in [6.07, 6.45) is 0. The lowest BCUT2D eigenvalue weighted by molar-refractivity contribution is -0.152. The molecule has 0 atom stereocenters. The molecule has 0 aliphatic heterocycles. The molecule has 0 heterocycles. The highest BCUT2D eigenvalue weighted by Crippen LogP contribution is 2.30. The number of rotatable bonds is 9. The lowest BCUT2D eigenvalue weighted by atomic mass is 10.1. The number of hydrogen-bond donors (Lipinski definition) is 2. The van der Waals surface area contributed by atoms with Gasteiger partial charge in [-0.15, -0.1) is 0 Å². The van der Waals surface area contributed by atoms with Gasteiger partial charge in [-0.3, -0.25) is 4.79 Å². The number of hydrogen-bond acceptors (Lipinski definition) is 8. The van der Waals surface area contributed by atoms with Crippen molar-refractivity contribution in [3.8, 4) is 5.75 Å². The topological polar surface area (TPSA) is 128 Å². The number of nitrogens with one attached hydrogen (secondary N) is 1. The minimum Gasteiger partial charge on any atom is -0.496 e. The van der Waals surface area contributed by atoms with E-state index in [9.17, 15) is 18.0 Å². The van der Waals surface area contributed by atoms with E-state index in [2.05, 4.69) is 5.32 Å². The SMILES string of the molecule is CC(=O)OC(C)(C)C.COc1cc(C)c(S(=O)(=O)CNCCOCC(=O)O)c(C)c1C. The molecule has 0 saturated heterocycles. The number of carboxylic acid groups (broad SMARTS) is 1. The molecule has 9 nitrogen and oxygen atoms in total. The number of aryl methyl sites for hydroxylation is 1. The van der Waals surface area contributed by atoms with E-state index in [1.54, 1.807) is 27.0 Å². The minimum absolute atomic E-state index is 0.126. The zero-order chi connectivity index (χ0) is 24.4. The first-order chi connectivity index (χ1) is 14.1. The second-order valence-electron chi connectivity index (χ2n) is 7.89. The molecular weight excluding hydrogens is 426 g/mol. The molecule has 0 unspecified atom stereocenters. The summed E-state index contributed by atoms with van der Waals surface area (Å²) >= 11 is 0. The molecule has 0 radical (unpaired) electrons. The van der Waals surface area contributed by atoms with E-state index < -0.39 is 22.4 Å². The quantitative estimate of drug-likeness (QED) is 0.421. The molecule has 0 spiro atoms. The van der Waals surface area contributed by atoms with E-state index in [-0.39, 0.29) is 30.6 Å². The van der Waals surface area contributed by atoms with Crippen molar-refractivity contribution >= 4 is 21.8 Å². The third kappa shape index (κ3) is 11.1. The van der Waals surface area contributed by atoms with Gasteiger partial charge in [-0.25, -0.2) is 13.2 Å². The molecule has 1 aromatic carbocycles. The largest absolute Gasteiger partial charge is 0.496 e. The fraction of sp³-hybridized carbons (Fsp3) is 0.619. The van der Waals surface area contributed by atoms with Crippen LogP contribution in [-0.2, 0) is 28.9 Å². The van der Waals surface area contributed by atoms with Gasteiger partial charge in [0, 0.05) is 13.5 Å². The Balaban J connectivity index is 0.000000954. The van der Waals surface area contributed by atoms with Gasteiger partial charge in [0.2, 0.25) is 0 Å². The first-order valence-electron chi connectivity index (χ1n) is 9.69. The summed E-state index contributed by atoms with van der Waals surface area (Å²) in [5, 5.41) is 11.2. The number of methoxy groups -OCH3 is 1. The molecule has 0 fully saturated rings.